The Balaban J connectivity index is 2.02. The molecule has 0 bridgehead atoms. The van der Waals surface area contributed by atoms with Crippen LogP contribution in [0.3, 0.4) is 0 Å². The van der Waals surface area contributed by atoms with Crippen molar-refractivity contribution < 1.29 is 14.3 Å². The maximum Gasteiger partial charge on any atom is 0.261 e. The van der Waals surface area contributed by atoms with E-state index in [2.05, 4.69) is 15.6 Å². The van der Waals surface area contributed by atoms with Gasteiger partial charge >= 0.3 is 0 Å². The molecule has 2 N–H and O–H groups in total. The molecule has 2 amide bonds. The van der Waals surface area contributed by atoms with Crippen LogP contribution in [0.15, 0.2) is 47.4 Å². The number of nitrogens with one attached hydrogen (secondary N) is 2. The Morgan fingerprint density at radius 3 is 2.73 bits per heavy atom. The zero-order valence-electron chi connectivity index (χ0n) is 17.2. The van der Waals surface area contributed by atoms with E-state index >= 15 is 0 Å². The van der Waals surface area contributed by atoms with Crippen LogP contribution >= 0.6 is 0 Å². The van der Waals surface area contributed by atoms with Crippen LogP contribution in [0.2, 0.25) is 0 Å². The highest BCUT2D eigenvalue weighted by molar-refractivity contribution is 6.05. The van der Waals surface area contributed by atoms with Crippen LogP contribution in [-0.4, -0.2) is 35.0 Å². The smallest absolute Gasteiger partial charge is 0.261 e. The first-order valence-corrected chi connectivity index (χ1v) is 9.65. The van der Waals surface area contributed by atoms with Crippen LogP contribution in [0.25, 0.3) is 11.0 Å². The Kier molecular flexibility index (Phi) is 6.46. The Bertz CT molecular complexity index is 1150. The molecule has 1 aromatic carbocycles. The van der Waals surface area contributed by atoms with Crippen LogP contribution < -0.4 is 20.8 Å². The van der Waals surface area contributed by atoms with Gasteiger partial charge in [-0.05, 0) is 37.6 Å². The summed E-state index contributed by atoms with van der Waals surface area (Å²) in [7, 11) is 1.53. The van der Waals surface area contributed by atoms with Crippen molar-refractivity contribution in [3.63, 3.8) is 0 Å². The van der Waals surface area contributed by atoms with Crippen LogP contribution in [0.5, 0.6) is 5.75 Å². The number of carbonyl (C=O) groups excluding carboxylic acids is 2. The minimum absolute atomic E-state index is 0.0489. The van der Waals surface area contributed by atoms with Crippen LogP contribution in [-0.2, 0) is 11.3 Å². The number of carbonyl (C=O) groups is 2. The standard InChI is InChI=1S/C22H24N4O4/c1-4-10-23-19(27)13-26-12-18(20(28)17-9-8-14(2)24-21(17)26)22(29)25-15-6-5-7-16(11-15)30-3/h5-9,11-12H,4,10,13H2,1-3H3,(H,23,27)(H,25,29). The van der Waals surface area contributed by atoms with E-state index < -0.39 is 11.3 Å². The molecular formula is C22H24N4O4. The molecule has 30 heavy (non-hydrogen) atoms. The number of fused-ring (bicyclic) bond motifs is 1. The van der Waals surface area contributed by atoms with E-state index in [9.17, 15) is 14.4 Å². The van der Waals surface area contributed by atoms with E-state index in [0.717, 1.165) is 6.42 Å². The van der Waals surface area contributed by atoms with Crippen LogP contribution in [0, 0.1) is 6.92 Å². The number of ether oxygens (including phenoxy) is 1. The first-order valence-electron chi connectivity index (χ1n) is 9.65. The summed E-state index contributed by atoms with van der Waals surface area (Å²) in [5.74, 6) is -0.210. The third-order valence-electron chi connectivity index (χ3n) is 4.52. The predicted molar refractivity (Wildman–Crippen MR) is 115 cm³/mol. The van der Waals surface area contributed by atoms with E-state index in [1.807, 2.05) is 6.92 Å². The third-order valence-corrected chi connectivity index (χ3v) is 4.52. The zero-order chi connectivity index (χ0) is 21.7. The first-order chi connectivity index (χ1) is 14.4. The summed E-state index contributed by atoms with van der Waals surface area (Å²) >= 11 is 0. The summed E-state index contributed by atoms with van der Waals surface area (Å²) in [4.78, 5) is 42.5. The lowest BCUT2D eigenvalue weighted by Gasteiger charge is -2.13. The van der Waals surface area contributed by atoms with E-state index in [0.29, 0.717) is 29.3 Å². The van der Waals surface area contributed by atoms with Crippen LogP contribution in [0.1, 0.15) is 29.4 Å². The molecule has 0 saturated carbocycles. The Morgan fingerprint density at radius 1 is 1.20 bits per heavy atom. The number of pyridine rings is 2. The predicted octanol–water partition coefficient (Wildman–Crippen LogP) is 2.49. The van der Waals surface area contributed by atoms with Crippen molar-refractivity contribution in [2.75, 3.05) is 19.0 Å². The minimum atomic E-state index is -0.571. The maximum atomic E-state index is 13.0. The number of aromatic nitrogens is 2. The fourth-order valence-corrected chi connectivity index (χ4v) is 3.02. The van der Waals surface area contributed by atoms with Gasteiger partial charge in [0, 0.05) is 30.2 Å². The molecule has 2 heterocycles. The summed E-state index contributed by atoms with van der Waals surface area (Å²) in [6.07, 6.45) is 2.19. The normalized spacial score (nSPS) is 10.6. The summed E-state index contributed by atoms with van der Waals surface area (Å²) in [6.45, 7) is 4.26. The average molecular weight is 408 g/mol. The number of methoxy groups -OCH3 is 1. The number of hydrogen-bond donors (Lipinski definition) is 2. The van der Waals surface area contributed by atoms with Crippen molar-refractivity contribution in [3.05, 3.63) is 64.1 Å². The summed E-state index contributed by atoms with van der Waals surface area (Å²) in [5.41, 5.74) is 1.05. The second-order valence-corrected chi connectivity index (χ2v) is 6.86. The quantitative estimate of drug-likeness (QED) is 0.625. The van der Waals surface area contributed by atoms with Gasteiger partial charge in [0.1, 0.15) is 23.5 Å². The zero-order valence-corrected chi connectivity index (χ0v) is 17.2. The van der Waals surface area contributed by atoms with Crippen molar-refractivity contribution in [1.29, 1.82) is 0 Å². The Morgan fingerprint density at radius 2 is 2.00 bits per heavy atom. The van der Waals surface area contributed by atoms with E-state index in [1.165, 1.54) is 17.9 Å². The fraction of sp³-hybridized carbons (Fsp3) is 0.273. The molecule has 3 aromatic rings. The molecule has 0 aliphatic carbocycles. The Labute approximate surface area is 173 Å². The summed E-state index contributed by atoms with van der Waals surface area (Å²) < 4.78 is 6.70. The van der Waals surface area contributed by atoms with Gasteiger partial charge in [-0.15, -0.1) is 0 Å². The number of aryl methyl sites for hydroxylation is 1. The monoisotopic (exact) mass is 408 g/mol. The van der Waals surface area contributed by atoms with E-state index in [4.69, 9.17) is 4.74 Å². The lowest BCUT2D eigenvalue weighted by molar-refractivity contribution is -0.121. The Hall–Kier alpha value is -3.68. The van der Waals surface area contributed by atoms with Crippen molar-refractivity contribution in [2.45, 2.75) is 26.8 Å². The molecule has 2 aromatic heterocycles. The molecule has 156 valence electrons. The first kappa shape index (κ1) is 21.0. The molecule has 0 radical (unpaired) electrons. The highest BCUT2D eigenvalue weighted by Crippen LogP contribution is 2.18. The van der Waals surface area contributed by atoms with Gasteiger partial charge in [-0.2, -0.15) is 0 Å². The van der Waals surface area contributed by atoms with Gasteiger partial charge in [0.25, 0.3) is 5.91 Å². The summed E-state index contributed by atoms with van der Waals surface area (Å²) in [5, 5.41) is 5.79. The highest BCUT2D eigenvalue weighted by Gasteiger charge is 2.18. The van der Waals surface area contributed by atoms with Gasteiger partial charge in [-0.25, -0.2) is 4.98 Å². The molecule has 0 unspecified atom stereocenters. The lowest BCUT2D eigenvalue weighted by Crippen LogP contribution is -2.30. The molecule has 8 heteroatoms. The maximum absolute atomic E-state index is 13.0. The molecular weight excluding hydrogens is 384 g/mol. The number of hydrogen-bond acceptors (Lipinski definition) is 5. The number of benzene rings is 1. The molecule has 0 aliphatic rings. The number of rotatable bonds is 7. The van der Waals surface area contributed by atoms with E-state index in [-0.39, 0.29) is 23.4 Å². The number of nitrogens with zero attached hydrogens (tertiary/aromatic N) is 2. The minimum Gasteiger partial charge on any atom is -0.497 e. The van der Waals surface area contributed by atoms with Gasteiger partial charge in [-0.3, -0.25) is 14.4 Å². The van der Waals surface area contributed by atoms with Gasteiger partial charge in [0.15, 0.2) is 0 Å². The van der Waals surface area contributed by atoms with Crippen LogP contribution in [0.4, 0.5) is 5.69 Å². The van der Waals surface area contributed by atoms with Gasteiger partial charge in [0.05, 0.1) is 12.5 Å². The fourth-order valence-electron chi connectivity index (χ4n) is 3.02. The SMILES string of the molecule is CCCNC(=O)Cn1cc(C(=O)Nc2cccc(OC)c2)c(=O)c2ccc(C)nc21. The largest absolute Gasteiger partial charge is 0.497 e. The van der Waals surface area contributed by atoms with E-state index in [1.54, 1.807) is 43.3 Å². The molecule has 0 fully saturated rings. The van der Waals surface area contributed by atoms with Crippen molar-refractivity contribution >= 4 is 28.5 Å². The van der Waals surface area contributed by atoms with Gasteiger partial charge in [0.2, 0.25) is 11.3 Å². The molecule has 0 saturated heterocycles. The molecule has 8 nitrogen and oxygen atoms in total. The topological polar surface area (TPSA) is 102 Å². The third kappa shape index (κ3) is 4.65. The molecule has 0 spiro atoms. The second-order valence-electron chi connectivity index (χ2n) is 6.86. The van der Waals surface area contributed by atoms with Crippen molar-refractivity contribution in [3.8, 4) is 5.75 Å². The highest BCUT2D eigenvalue weighted by atomic mass is 16.5. The number of amides is 2. The van der Waals surface area contributed by atoms with Gasteiger partial charge in [-0.1, -0.05) is 13.0 Å². The van der Waals surface area contributed by atoms with Gasteiger partial charge < -0.3 is 19.9 Å². The van der Waals surface area contributed by atoms with Crippen molar-refractivity contribution in [1.82, 2.24) is 14.9 Å². The molecule has 3 rings (SSSR count). The molecule has 0 aliphatic heterocycles. The lowest BCUT2D eigenvalue weighted by atomic mass is 10.1. The second kappa shape index (κ2) is 9.21. The number of anilines is 1. The summed E-state index contributed by atoms with van der Waals surface area (Å²) in [6, 6.07) is 10.2. The van der Waals surface area contributed by atoms with Crippen molar-refractivity contribution in [2.24, 2.45) is 0 Å². The molecule has 0 atom stereocenters. The average Bonchev–Trinajstić information content (AvgIpc) is 2.74.